The van der Waals surface area contributed by atoms with Crippen molar-refractivity contribution in [2.45, 2.75) is 37.9 Å². The maximum Gasteiger partial charge on any atom is 0.408 e. The Labute approximate surface area is 201 Å². The van der Waals surface area contributed by atoms with Gasteiger partial charge in [-0.3, -0.25) is 4.79 Å². The number of nitrogens with zero attached hydrogens (tertiary/aromatic N) is 9. The molecule has 0 amide bonds. The van der Waals surface area contributed by atoms with Crippen LogP contribution in [0, 0.1) is 0 Å². The van der Waals surface area contributed by atoms with Crippen LogP contribution in [0.15, 0.2) is 60.0 Å². The number of hydrogen-bond donors (Lipinski definition) is 0. The Morgan fingerprint density at radius 2 is 1.92 bits per heavy atom. The zero-order chi connectivity index (χ0) is 25.0. The van der Waals surface area contributed by atoms with Crippen LogP contribution in [0.3, 0.4) is 0 Å². The first kappa shape index (κ1) is 22.1. The molecular formula is C23H18F3N9O. The van der Waals surface area contributed by atoms with E-state index in [2.05, 4.69) is 30.5 Å². The predicted octanol–water partition coefficient (Wildman–Crippen LogP) is 3.62. The molecule has 4 heterocycles. The highest BCUT2D eigenvalue weighted by atomic mass is 19.4. The van der Waals surface area contributed by atoms with E-state index in [-0.39, 0.29) is 17.3 Å². The van der Waals surface area contributed by atoms with Gasteiger partial charge in [-0.25, -0.2) is 9.97 Å². The summed E-state index contributed by atoms with van der Waals surface area (Å²) in [5.74, 6) is 0.501. The molecule has 4 aromatic heterocycles. The molecule has 1 unspecified atom stereocenters. The molecule has 1 aliphatic carbocycles. The number of hydrogen-bond acceptors (Lipinski definition) is 7. The predicted molar refractivity (Wildman–Crippen MR) is 122 cm³/mol. The van der Waals surface area contributed by atoms with Crippen molar-refractivity contribution in [3.8, 4) is 23.0 Å². The third-order valence-corrected chi connectivity index (χ3v) is 6.19. The minimum Gasteiger partial charge on any atom is -0.306 e. The molecule has 0 radical (unpaired) electrons. The smallest absolute Gasteiger partial charge is 0.306 e. The minimum atomic E-state index is -4.50. The number of alkyl halides is 3. The Hall–Kier alpha value is -4.42. The Bertz CT molecular complexity index is 1650. The van der Waals surface area contributed by atoms with E-state index in [1.807, 2.05) is 16.8 Å². The molecule has 1 aromatic carbocycles. The zero-order valence-electron chi connectivity index (χ0n) is 18.8. The van der Waals surface area contributed by atoms with Gasteiger partial charge in [0.2, 0.25) is 0 Å². The highest BCUT2D eigenvalue weighted by Gasteiger charge is 2.38. The summed E-state index contributed by atoms with van der Waals surface area (Å²) in [5, 5.41) is 15.9. The van der Waals surface area contributed by atoms with Crippen LogP contribution >= 0.6 is 0 Å². The lowest BCUT2D eigenvalue weighted by Crippen LogP contribution is -2.25. The summed E-state index contributed by atoms with van der Waals surface area (Å²) in [4.78, 5) is 22.1. The molecule has 1 aliphatic rings. The van der Waals surface area contributed by atoms with Gasteiger partial charge in [0, 0.05) is 17.8 Å². The van der Waals surface area contributed by atoms with Crippen molar-refractivity contribution in [1.82, 2.24) is 44.3 Å². The fourth-order valence-electron chi connectivity index (χ4n) is 3.94. The summed E-state index contributed by atoms with van der Waals surface area (Å²) in [6.45, 7) is 1.00. The molecule has 6 rings (SSSR count). The molecule has 36 heavy (non-hydrogen) atoms. The van der Waals surface area contributed by atoms with Crippen molar-refractivity contribution < 1.29 is 13.2 Å². The Morgan fingerprint density at radius 3 is 2.69 bits per heavy atom. The summed E-state index contributed by atoms with van der Waals surface area (Å²) < 4.78 is 43.6. The molecular weight excluding hydrogens is 475 g/mol. The van der Waals surface area contributed by atoms with Crippen LogP contribution in [0.5, 0.6) is 0 Å². The van der Waals surface area contributed by atoms with Gasteiger partial charge in [0.15, 0.2) is 11.6 Å². The van der Waals surface area contributed by atoms with Crippen LogP contribution in [0.25, 0.3) is 33.9 Å². The zero-order valence-corrected chi connectivity index (χ0v) is 18.8. The van der Waals surface area contributed by atoms with E-state index >= 15 is 0 Å². The second-order valence-corrected chi connectivity index (χ2v) is 8.65. The van der Waals surface area contributed by atoms with Gasteiger partial charge in [-0.05, 0) is 50.1 Å². The lowest BCUT2D eigenvalue weighted by atomic mass is 10.2. The monoisotopic (exact) mass is 493 g/mol. The maximum absolute atomic E-state index is 13.4. The van der Waals surface area contributed by atoms with Crippen LogP contribution in [0.2, 0.25) is 0 Å². The fourth-order valence-corrected chi connectivity index (χ4v) is 3.94. The quantitative estimate of drug-likeness (QED) is 0.368. The molecule has 182 valence electrons. The van der Waals surface area contributed by atoms with Gasteiger partial charge in [0.05, 0.1) is 17.4 Å². The van der Waals surface area contributed by atoms with E-state index in [9.17, 15) is 18.0 Å². The molecule has 1 atom stereocenters. The van der Waals surface area contributed by atoms with E-state index in [0.29, 0.717) is 16.8 Å². The SMILES string of the molecule is CC(n1cnnc1-c1cccc(-n2nnc3ccc(-n4cnc(C5CC5)c4)cc3c2=O)n1)C(F)(F)F. The second kappa shape index (κ2) is 8.07. The standard InChI is InChI=1S/C23H18F3N9O/c1-13(23(24,25)26)34-12-28-31-21(34)18-3-2-4-20(29-18)35-22(36)16-9-15(7-8-17(16)30-32-35)33-10-19(27-11-33)14-5-6-14/h2-4,7-14H,5-6H2,1H3. The van der Waals surface area contributed by atoms with Crippen molar-refractivity contribution in [1.29, 1.82) is 0 Å². The van der Waals surface area contributed by atoms with E-state index in [1.165, 1.54) is 12.1 Å². The van der Waals surface area contributed by atoms with Crippen LogP contribution in [0.4, 0.5) is 13.2 Å². The summed E-state index contributed by atoms with van der Waals surface area (Å²) in [6, 6.07) is 7.92. The maximum atomic E-state index is 13.4. The average molecular weight is 493 g/mol. The molecule has 0 bridgehead atoms. The van der Waals surface area contributed by atoms with Crippen molar-refractivity contribution in [2.75, 3.05) is 0 Å². The number of halogens is 3. The molecule has 1 fully saturated rings. The highest BCUT2D eigenvalue weighted by molar-refractivity contribution is 5.79. The van der Waals surface area contributed by atoms with Crippen LogP contribution in [-0.4, -0.2) is 50.5 Å². The summed E-state index contributed by atoms with van der Waals surface area (Å²) in [6.07, 6.45) is 2.43. The topological polar surface area (TPSA) is 109 Å². The van der Waals surface area contributed by atoms with Crippen molar-refractivity contribution in [2.24, 2.45) is 0 Å². The molecule has 0 aliphatic heterocycles. The van der Waals surface area contributed by atoms with Crippen LogP contribution < -0.4 is 5.56 Å². The number of fused-ring (bicyclic) bond motifs is 1. The third-order valence-electron chi connectivity index (χ3n) is 6.19. The lowest BCUT2D eigenvalue weighted by molar-refractivity contribution is -0.162. The van der Waals surface area contributed by atoms with E-state index in [0.717, 1.165) is 46.7 Å². The third kappa shape index (κ3) is 3.82. The summed E-state index contributed by atoms with van der Waals surface area (Å²) in [5.41, 5.74) is 1.80. The lowest BCUT2D eigenvalue weighted by Gasteiger charge is -2.18. The van der Waals surface area contributed by atoms with E-state index < -0.39 is 17.8 Å². The van der Waals surface area contributed by atoms with E-state index in [4.69, 9.17) is 0 Å². The van der Waals surface area contributed by atoms with Crippen molar-refractivity contribution in [3.05, 3.63) is 71.3 Å². The molecule has 5 aromatic rings. The Balaban J connectivity index is 1.40. The normalized spacial score (nSPS) is 14.9. The number of rotatable bonds is 5. The minimum absolute atomic E-state index is 0.0858. The summed E-state index contributed by atoms with van der Waals surface area (Å²) >= 11 is 0. The molecule has 0 spiro atoms. The second-order valence-electron chi connectivity index (χ2n) is 8.65. The summed E-state index contributed by atoms with van der Waals surface area (Å²) in [7, 11) is 0. The van der Waals surface area contributed by atoms with Gasteiger partial charge in [-0.1, -0.05) is 11.3 Å². The van der Waals surface area contributed by atoms with Gasteiger partial charge < -0.3 is 9.13 Å². The van der Waals surface area contributed by atoms with Gasteiger partial charge in [-0.2, -0.15) is 17.9 Å². The number of benzene rings is 1. The molecule has 0 N–H and O–H groups in total. The fraction of sp³-hybridized carbons (Fsp3) is 0.261. The van der Waals surface area contributed by atoms with Gasteiger partial charge in [0.1, 0.15) is 23.6 Å². The van der Waals surface area contributed by atoms with Crippen LogP contribution in [-0.2, 0) is 0 Å². The van der Waals surface area contributed by atoms with Gasteiger partial charge in [-0.15, -0.1) is 15.3 Å². The largest absolute Gasteiger partial charge is 0.408 e. The average Bonchev–Trinajstić information content (AvgIpc) is 3.39. The van der Waals surface area contributed by atoms with E-state index in [1.54, 1.807) is 24.5 Å². The van der Waals surface area contributed by atoms with Crippen LogP contribution in [0.1, 0.15) is 37.4 Å². The first-order valence-electron chi connectivity index (χ1n) is 11.2. The Kier molecular flexibility index (Phi) is 4.95. The molecule has 0 saturated heterocycles. The molecule has 13 heteroatoms. The van der Waals surface area contributed by atoms with Gasteiger partial charge >= 0.3 is 6.18 Å². The van der Waals surface area contributed by atoms with Crippen molar-refractivity contribution in [3.63, 3.8) is 0 Å². The number of pyridine rings is 1. The molecule has 10 nitrogen and oxygen atoms in total. The number of aromatic nitrogens is 9. The first-order chi connectivity index (χ1) is 17.3. The highest BCUT2D eigenvalue weighted by Crippen LogP contribution is 2.39. The molecule has 1 saturated carbocycles. The Morgan fingerprint density at radius 1 is 1.08 bits per heavy atom. The first-order valence-corrected chi connectivity index (χ1v) is 11.2. The number of imidazole rings is 1. The van der Waals surface area contributed by atoms with Crippen molar-refractivity contribution >= 4 is 10.9 Å². The van der Waals surface area contributed by atoms with Gasteiger partial charge in [0.25, 0.3) is 5.56 Å².